The molecule has 4 N–H and O–H groups in total. The van der Waals surface area contributed by atoms with Gasteiger partial charge >= 0.3 is 0 Å². The summed E-state index contributed by atoms with van der Waals surface area (Å²) in [6, 6.07) is 0. The van der Waals surface area contributed by atoms with Crippen molar-refractivity contribution in [3.05, 3.63) is 35.6 Å². The summed E-state index contributed by atoms with van der Waals surface area (Å²) >= 11 is 1.90. The first-order chi connectivity index (χ1) is 9.69. The number of hydrogen-bond donors (Lipinski definition) is 3. The largest absolute Gasteiger partial charge is 0.375 e. The highest BCUT2D eigenvalue weighted by atomic mass is 32.2. The Balaban J connectivity index is 2.45. The van der Waals surface area contributed by atoms with Crippen LogP contribution in [0, 0.1) is 0 Å². The molecule has 0 saturated carbocycles. The molecule has 0 saturated heterocycles. The van der Waals surface area contributed by atoms with Crippen molar-refractivity contribution in [1.29, 1.82) is 0 Å². The summed E-state index contributed by atoms with van der Waals surface area (Å²) in [5, 5.41) is 6.13. The lowest BCUT2D eigenvalue weighted by Crippen LogP contribution is -2.46. The molecule has 0 amide bonds. The van der Waals surface area contributed by atoms with E-state index in [1.165, 1.54) is 11.3 Å². The summed E-state index contributed by atoms with van der Waals surface area (Å²) in [6.07, 6.45) is 13.3. The van der Waals surface area contributed by atoms with Gasteiger partial charge in [-0.05, 0) is 31.6 Å². The predicted molar refractivity (Wildman–Crippen MR) is 90.1 cm³/mol. The normalized spacial score (nSPS) is 19.4. The number of hydrazine groups is 1. The topological polar surface area (TPSA) is 53.3 Å². The molecule has 0 aromatic rings. The average molecular weight is 296 g/mol. The van der Waals surface area contributed by atoms with Crippen LogP contribution in [-0.2, 0) is 0 Å². The Kier molecular flexibility index (Phi) is 8.69. The van der Waals surface area contributed by atoms with Crippen LogP contribution in [0.2, 0.25) is 0 Å². The van der Waals surface area contributed by atoms with Gasteiger partial charge in [0.25, 0.3) is 0 Å². The van der Waals surface area contributed by atoms with E-state index in [0.29, 0.717) is 11.9 Å². The minimum absolute atomic E-state index is 0.447. The first kappa shape index (κ1) is 17.3. The fourth-order valence-electron chi connectivity index (χ4n) is 2.05. The SMILES string of the molecule is CC/C=C(/C)NCN(CC1=CCC(SC)C=C1)NCN. The molecule has 1 aliphatic carbocycles. The van der Waals surface area contributed by atoms with Gasteiger partial charge in [0.1, 0.15) is 0 Å². The lowest BCUT2D eigenvalue weighted by Gasteiger charge is -2.25. The highest BCUT2D eigenvalue weighted by molar-refractivity contribution is 7.99. The van der Waals surface area contributed by atoms with E-state index in [4.69, 9.17) is 5.73 Å². The zero-order chi connectivity index (χ0) is 14.8. The van der Waals surface area contributed by atoms with Crippen LogP contribution in [0.15, 0.2) is 35.6 Å². The summed E-state index contributed by atoms with van der Waals surface area (Å²) in [7, 11) is 0. The maximum absolute atomic E-state index is 5.61. The van der Waals surface area contributed by atoms with Gasteiger partial charge in [-0.1, -0.05) is 31.2 Å². The van der Waals surface area contributed by atoms with Crippen molar-refractivity contribution in [2.24, 2.45) is 5.73 Å². The third kappa shape index (κ3) is 6.61. The van der Waals surface area contributed by atoms with Gasteiger partial charge in [0.15, 0.2) is 0 Å². The van der Waals surface area contributed by atoms with E-state index in [9.17, 15) is 0 Å². The second-order valence-electron chi connectivity index (χ2n) is 4.84. The molecule has 0 aliphatic heterocycles. The van der Waals surface area contributed by atoms with E-state index in [2.05, 4.69) is 60.2 Å². The third-order valence-corrected chi connectivity index (χ3v) is 4.14. The Morgan fingerprint density at radius 1 is 1.60 bits per heavy atom. The molecule has 0 radical (unpaired) electrons. The Bertz CT molecular complexity index is 363. The van der Waals surface area contributed by atoms with E-state index in [1.807, 2.05) is 11.8 Å². The van der Waals surface area contributed by atoms with Gasteiger partial charge in [0.05, 0.1) is 13.3 Å². The first-order valence-electron chi connectivity index (χ1n) is 7.18. The molecule has 114 valence electrons. The van der Waals surface area contributed by atoms with E-state index in [1.54, 1.807) is 0 Å². The molecule has 5 heteroatoms. The van der Waals surface area contributed by atoms with Crippen molar-refractivity contribution in [3.8, 4) is 0 Å². The molecule has 4 nitrogen and oxygen atoms in total. The van der Waals surface area contributed by atoms with Crippen LogP contribution in [0.5, 0.6) is 0 Å². The predicted octanol–water partition coefficient (Wildman–Crippen LogP) is 2.19. The highest BCUT2D eigenvalue weighted by Crippen LogP contribution is 2.20. The minimum Gasteiger partial charge on any atom is -0.375 e. The molecule has 1 aliphatic rings. The van der Waals surface area contributed by atoms with Crippen LogP contribution in [0.4, 0.5) is 0 Å². The number of thioether (sulfide) groups is 1. The van der Waals surface area contributed by atoms with Crippen LogP contribution in [-0.4, -0.2) is 36.4 Å². The molecular formula is C15H28N4S. The number of nitrogens with zero attached hydrogens (tertiary/aromatic N) is 1. The van der Waals surface area contributed by atoms with Crippen LogP contribution in [0.25, 0.3) is 0 Å². The zero-order valence-corrected chi connectivity index (χ0v) is 13.7. The molecule has 20 heavy (non-hydrogen) atoms. The summed E-state index contributed by atoms with van der Waals surface area (Å²) in [4.78, 5) is 0. The van der Waals surface area contributed by atoms with E-state index >= 15 is 0 Å². The number of nitrogens with two attached hydrogens (primary N) is 1. The van der Waals surface area contributed by atoms with Gasteiger partial charge in [-0.15, -0.1) is 0 Å². The van der Waals surface area contributed by atoms with E-state index < -0.39 is 0 Å². The first-order valence-corrected chi connectivity index (χ1v) is 8.47. The van der Waals surface area contributed by atoms with Crippen LogP contribution >= 0.6 is 11.8 Å². The van der Waals surface area contributed by atoms with Gasteiger partial charge in [-0.25, -0.2) is 10.4 Å². The Hall–Kier alpha value is -0.750. The molecule has 1 unspecified atom stereocenters. The quantitative estimate of drug-likeness (QED) is 0.450. The smallest absolute Gasteiger partial charge is 0.0813 e. The van der Waals surface area contributed by atoms with Gasteiger partial charge in [0.2, 0.25) is 0 Å². The molecular weight excluding hydrogens is 268 g/mol. The van der Waals surface area contributed by atoms with Crippen molar-refractivity contribution in [2.75, 3.05) is 26.1 Å². The Morgan fingerprint density at radius 2 is 2.40 bits per heavy atom. The van der Waals surface area contributed by atoms with Crippen LogP contribution < -0.4 is 16.5 Å². The van der Waals surface area contributed by atoms with Crippen molar-refractivity contribution in [3.63, 3.8) is 0 Å². The average Bonchev–Trinajstić information content (AvgIpc) is 2.46. The molecule has 1 rings (SSSR count). The summed E-state index contributed by atoms with van der Waals surface area (Å²) < 4.78 is 0. The third-order valence-electron chi connectivity index (χ3n) is 3.19. The lowest BCUT2D eigenvalue weighted by molar-refractivity contribution is 0.198. The van der Waals surface area contributed by atoms with Crippen LogP contribution in [0.3, 0.4) is 0 Å². The van der Waals surface area contributed by atoms with Crippen molar-refractivity contribution < 1.29 is 0 Å². The van der Waals surface area contributed by atoms with Gasteiger partial charge in [-0.2, -0.15) is 11.8 Å². The molecule has 0 spiro atoms. The number of allylic oxidation sites excluding steroid dienone is 3. The zero-order valence-electron chi connectivity index (χ0n) is 12.9. The fraction of sp³-hybridized carbons (Fsp3) is 0.600. The number of hydrogen-bond acceptors (Lipinski definition) is 5. The second kappa shape index (κ2) is 10.0. The van der Waals surface area contributed by atoms with Gasteiger partial charge < -0.3 is 11.1 Å². The molecule has 0 bridgehead atoms. The standard InChI is InChI=1S/C15H28N4S/c1-4-5-13(2)17-12-19(18-11-16)10-14-6-8-15(20-3)9-7-14/h5-8,15,17-18H,4,9-12,16H2,1-3H3/b13-5-. The highest BCUT2D eigenvalue weighted by Gasteiger charge is 2.10. The van der Waals surface area contributed by atoms with E-state index in [-0.39, 0.29) is 0 Å². The van der Waals surface area contributed by atoms with Crippen molar-refractivity contribution in [2.45, 2.75) is 31.9 Å². The maximum atomic E-state index is 5.61. The summed E-state index contributed by atoms with van der Waals surface area (Å²) in [6.45, 7) is 6.29. The number of rotatable bonds is 9. The minimum atomic E-state index is 0.447. The Labute approximate surface area is 127 Å². The fourth-order valence-corrected chi connectivity index (χ4v) is 2.58. The summed E-state index contributed by atoms with van der Waals surface area (Å²) in [5.74, 6) is 0. The Morgan fingerprint density at radius 3 is 2.95 bits per heavy atom. The molecule has 0 fully saturated rings. The molecule has 0 aromatic heterocycles. The van der Waals surface area contributed by atoms with Gasteiger partial charge in [0, 0.05) is 17.5 Å². The lowest BCUT2D eigenvalue weighted by atomic mass is 10.1. The maximum Gasteiger partial charge on any atom is 0.0813 e. The monoisotopic (exact) mass is 296 g/mol. The van der Waals surface area contributed by atoms with Gasteiger partial charge in [-0.3, -0.25) is 0 Å². The summed E-state index contributed by atoms with van der Waals surface area (Å²) in [5.41, 5.74) is 11.3. The second-order valence-corrected chi connectivity index (χ2v) is 5.92. The van der Waals surface area contributed by atoms with Crippen molar-refractivity contribution >= 4 is 11.8 Å². The van der Waals surface area contributed by atoms with Crippen molar-refractivity contribution in [1.82, 2.24) is 15.8 Å². The molecule has 0 aromatic carbocycles. The number of nitrogens with one attached hydrogen (secondary N) is 2. The molecule has 0 heterocycles. The van der Waals surface area contributed by atoms with Crippen LogP contribution in [0.1, 0.15) is 26.7 Å². The van der Waals surface area contributed by atoms with E-state index in [0.717, 1.165) is 26.1 Å². The molecule has 1 atom stereocenters.